The Morgan fingerprint density at radius 1 is 0.844 bits per heavy atom. The fourth-order valence-electron chi connectivity index (χ4n) is 5.01. The van der Waals surface area contributed by atoms with Crippen molar-refractivity contribution in [3.63, 3.8) is 0 Å². The fraction of sp³-hybridized carbons (Fsp3) is 0.613. The summed E-state index contributed by atoms with van der Waals surface area (Å²) in [5.74, 6) is 4.64. The van der Waals surface area contributed by atoms with Crippen molar-refractivity contribution in [1.29, 1.82) is 0 Å². The van der Waals surface area contributed by atoms with Gasteiger partial charge in [-0.1, -0.05) is 34.8 Å². The van der Waals surface area contributed by atoms with E-state index in [9.17, 15) is 9.90 Å². The highest BCUT2D eigenvalue weighted by Gasteiger charge is 2.30. The van der Waals surface area contributed by atoms with Crippen LogP contribution in [0, 0.1) is 0 Å². The van der Waals surface area contributed by atoms with E-state index in [1.165, 1.54) is 12.8 Å². The first kappa shape index (κ1) is 33.8. The van der Waals surface area contributed by atoms with Crippen LogP contribution in [0.4, 0.5) is 5.82 Å². The number of H-pyrrole nitrogens is 1. The summed E-state index contributed by atoms with van der Waals surface area (Å²) < 4.78 is 0. The molecule has 0 unspecified atom stereocenters. The molecule has 11 nitrogen and oxygen atoms in total. The topological polar surface area (TPSA) is 168 Å². The molecule has 0 spiro atoms. The van der Waals surface area contributed by atoms with Gasteiger partial charge in [0.2, 0.25) is 5.88 Å². The molecule has 0 atom stereocenters. The van der Waals surface area contributed by atoms with Crippen LogP contribution in [0.2, 0.25) is 15.5 Å². The van der Waals surface area contributed by atoms with Gasteiger partial charge in [0.25, 0.3) is 5.56 Å². The minimum Gasteiger partial charge on any atom is -0.493 e. The summed E-state index contributed by atoms with van der Waals surface area (Å²) in [5.41, 5.74) is 7.58. The van der Waals surface area contributed by atoms with E-state index < -0.39 is 0 Å². The lowest BCUT2D eigenvalue weighted by Gasteiger charge is -2.18. The van der Waals surface area contributed by atoms with Crippen molar-refractivity contribution in [2.24, 2.45) is 5.73 Å². The number of aromatic hydroxyl groups is 1. The molecule has 3 saturated carbocycles. The lowest BCUT2D eigenvalue weighted by molar-refractivity contribution is 0.438. The molecule has 0 amide bonds. The highest BCUT2D eigenvalue weighted by atomic mass is 35.5. The third kappa shape index (κ3) is 9.48. The largest absolute Gasteiger partial charge is 0.493 e. The Labute approximate surface area is 278 Å². The molecule has 0 saturated heterocycles. The fourth-order valence-corrected chi connectivity index (χ4v) is 5.87. The average molecular weight is 679 g/mol. The molecule has 3 aromatic rings. The molecule has 244 valence electrons. The number of nitrogens with two attached hydrogens (primary N) is 1. The Morgan fingerprint density at radius 2 is 1.44 bits per heavy atom. The summed E-state index contributed by atoms with van der Waals surface area (Å²) >= 11 is 18.3. The van der Waals surface area contributed by atoms with E-state index >= 15 is 0 Å². The zero-order chi connectivity index (χ0) is 31.9. The van der Waals surface area contributed by atoms with Crippen LogP contribution in [0.25, 0.3) is 0 Å². The molecule has 7 rings (SSSR count). The quantitative estimate of drug-likeness (QED) is 0.138. The molecule has 0 bridgehead atoms. The van der Waals surface area contributed by atoms with Crippen molar-refractivity contribution >= 4 is 40.6 Å². The Bertz CT molecular complexity index is 1500. The van der Waals surface area contributed by atoms with Crippen LogP contribution in [-0.2, 0) is 19.3 Å². The van der Waals surface area contributed by atoms with Gasteiger partial charge in [-0.05, 0) is 97.2 Å². The zero-order valence-electron chi connectivity index (χ0n) is 25.6. The molecule has 0 aromatic carbocycles. The maximum absolute atomic E-state index is 11.7. The van der Waals surface area contributed by atoms with Gasteiger partial charge in [-0.3, -0.25) is 4.79 Å². The molecular formula is C31H42Cl3N9O2. The van der Waals surface area contributed by atoms with Gasteiger partial charge in [-0.2, -0.15) is 4.98 Å². The number of hydrogen-bond acceptors (Lipinski definition) is 10. The van der Waals surface area contributed by atoms with Crippen LogP contribution in [0.1, 0.15) is 110 Å². The third-order valence-electron chi connectivity index (χ3n) is 8.14. The Morgan fingerprint density at radius 3 is 2.02 bits per heavy atom. The Balaban J connectivity index is 0.000000134. The Kier molecular flexibility index (Phi) is 11.9. The second-order valence-electron chi connectivity index (χ2n) is 12.0. The standard InChI is InChI=1S/C11H17N3O2.C10H13Cl2N3.C10H12ClN3/c1-12-6-2-3-8-10(15)13-9(7-4-5-7)14-11(8)16;11-8-7(2-1-5-13)9(12)15-10(14-8)6-3-4-6;11-8-7-2-1-5-12-10(7)14-9(13-8)6-3-4-6/h7,12H,2-6H2,1H3,(H2,13,14,15,16);6H,1-5,13H2;6H,1-5H2,(H,12,13,14). The van der Waals surface area contributed by atoms with E-state index in [4.69, 9.17) is 40.5 Å². The average Bonchev–Trinajstić information content (AvgIpc) is 3.88. The van der Waals surface area contributed by atoms with E-state index in [2.05, 4.69) is 40.5 Å². The number of anilines is 1. The van der Waals surface area contributed by atoms with E-state index in [0.29, 0.717) is 57.6 Å². The molecule has 6 N–H and O–H groups in total. The first-order valence-electron chi connectivity index (χ1n) is 16.0. The summed E-state index contributed by atoms with van der Waals surface area (Å²) in [6, 6.07) is 0. The van der Waals surface area contributed by atoms with Crippen LogP contribution in [-0.4, -0.2) is 61.7 Å². The number of rotatable bonds is 10. The number of halogens is 3. The summed E-state index contributed by atoms with van der Waals surface area (Å²) in [7, 11) is 1.86. The molecule has 4 aliphatic rings. The van der Waals surface area contributed by atoms with Crippen LogP contribution in [0.5, 0.6) is 5.88 Å². The normalized spacial score (nSPS) is 16.9. The van der Waals surface area contributed by atoms with Gasteiger partial charge in [-0.15, -0.1) is 0 Å². The maximum Gasteiger partial charge on any atom is 0.257 e. The van der Waals surface area contributed by atoms with Crippen LogP contribution in [0.3, 0.4) is 0 Å². The number of aromatic nitrogens is 6. The lowest BCUT2D eigenvalue weighted by atomic mass is 10.1. The molecular weight excluding hydrogens is 637 g/mol. The number of fused-ring (bicyclic) bond motifs is 1. The smallest absolute Gasteiger partial charge is 0.257 e. The summed E-state index contributed by atoms with van der Waals surface area (Å²) in [5, 5.41) is 17.6. The molecule has 3 aliphatic carbocycles. The minimum absolute atomic E-state index is 0.0956. The highest BCUT2D eigenvalue weighted by Crippen LogP contribution is 2.41. The second-order valence-corrected chi connectivity index (χ2v) is 13.1. The van der Waals surface area contributed by atoms with Crippen molar-refractivity contribution in [2.45, 2.75) is 94.8 Å². The second kappa shape index (κ2) is 15.8. The van der Waals surface area contributed by atoms with Crippen LogP contribution in [0.15, 0.2) is 4.79 Å². The molecule has 4 heterocycles. The predicted molar refractivity (Wildman–Crippen MR) is 178 cm³/mol. The van der Waals surface area contributed by atoms with Gasteiger partial charge < -0.3 is 26.5 Å². The van der Waals surface area contributed by atoms with Gasteiger partial charge in [0.15, 0.2) is 0 Å². The van der Waals surface area contributed by atoms with Crippen molar-refractivity contribution in [2.75, 3.05) is 32.0 Å². The summed E-state index contributed by atoms with van der Waals surface area (Å²) in [6.07, 6.45) is 11.9. The van der Waals surface area contributed by atoms with E-state index in [-0.39, 0.29) is 11.4 Å². The molecule has 45 heavy (non-hydrogen) atoms. The zero-order valence-corrected chi connectivity index (χ0v) is 27.9. The molecule has 14 heteroatoms. The summed E-state index contributed by atoms with van der Waals surface area (Å²) in [6.45, 7) is 2.45. The third-order valence-corrected chi connectivity index (χ3v) is 9.08. The van der Waals surface area contributed by atoms with E-state index in [1.807, 2.05) is 7.05 Å². The van der Waals surface area contributed by atoms with Crippen molar-refractivity contribution in [3.05, 3.63) is 60.0 Å². The van der Waals surface area contributed by atoms with Gasteiger partial charge in [-0.25, -0.2) is 19.9 Å². The van der Waals surface area contributed by atoms with Gasteiger partial charge in [0.1, 0.15) is 38.8 Å². The number of hydrogen-bond donors (Lipinski definition) is 5. The lowest BCUT2D eigenvalue weighted by Crippen LogP contribution is -2.18. The minimum atomic E-state index is -0.189. The summed E-state index contributed by atoms with van der Waals surface area (Å²) in [4.78, 5) is 36.0. The predicted octanol–water partition coefficient (Wildman–Crippen LogP) is 5.42. The number of nitrogens with one attached hydrogen (secondary N) is 3. The van der Waals surface area contributed by atoms with E-state index in [0.717, 1.165) is 99.5 Å². The first-order valence-corrected chi connectivity index (χ1v) is 17.1. The molecule has 0 radical (unpaired) electrons. The van der Waals surface area contributed by atoms with Crippen molar-refractivity contribution in [3.8, 4) is 5.88 Å². The van der Waals surface area contributed by atoms with Gasteiger partial charge in [0, 0.05) is 35.4 Å². The molecule has 3 aromatic heterocycles. The highest BCUT2D eigenvalue weighted by molar-refractivity contribution is 6.34. The van der Waals surface area contributed by atoms with Crippen LogP contribution >= 0.6 is 34.8 Å². The van der Waals surface area contributed by atoms with E-state index in [1.54, 1.807) is 0 Å². The molecule has 1 aliphatic heterocycles. The van der Waals surface area contributed by atoms with Gasteiger partial charge >= 0.3 is 0 Å². The van der Waals surface area contributed by atoms with Crippen molar-refractivity contribution in [1.82, 2.24) is 35.2 Å². The maximum atomic E-state index is 11.7. The molecule has 3 fully saturated rings. The number of nitrogens with zero attached hydrogens (tertiary/aromatic N) is 5. The van der Waals surface area contributed by atoms with Crippen molar-refractivity contribution < 1.29 is 5.11 Å². The Hall–Kier alpha value is -2.57. The first-order chi connectivity index (χ1) is 21.8. The SMILES string of the molecule is CNCCCc1c(O)nc(C2CC2)[nH]c1=O.Clc1nc(C2CC2)nc2c1CCCN2.NCCCc1c(Cl)nc(C2CC2)nc1Cl. The number of aromatic amines is 1. The monoisotopic (exact) mass is 677 g/mol. The van der Waals surface area contributed by atoms with Gasteiger partial charge in [0.05, 0.1) is 5.56 Å². The van der Waals surface area contributed by atoms with Crippen LogP contribution < -0.4 is 21.9 Å².